The lowest BCUT2D eigenvalue weighted by Crippen LogP contribution is -1.90. The standard InChI is InChI=1S/C14H15N3O/c1-8-4-5-10-11(6-8)17(3)9(2)14(10)12-7-13(15)16-18-12/h4-7H,1-3H3,(H2,15,16). The van der Waals surface area contributed by atoms with Crippen LogP contribution in [0.3, 0.4) is 0 Å². The maximum absolute atomic E-state index is 5.63. The second-order valence-electron chi connectivity index (χ2n) is 4.66. The van der Waals surface area contributed by atoms with Gasteiger partial charge in [-0.25, -0.2) is 0 Å². The van der Waals surface area contributed by atoms with Crippen LogP contribution in [0.15, 0.2) is 28.8 Å². The summed E-state index contributed by atoms with van der Waals surface area (Å²) in [4.78, 5) is 0. The molecule has 3 aromatic rings. The lowest BCUT2D eigenvalue weighted by atomic mass is 10.1. The van der Waals surface area contributed by atoms with Crippen molar-refractivity contribution in [2.75, 3.05) is 5.73 Å². The van der Waals surface area contributed by atoms with Crippen LogP contribution in [0.25, 0.3) is 22.2 Å². The zero-order valence-corrected chi connectivity index (χ0v) is 10.7. The van der Waals surface area contributed by atoms with E-state index in [2.05, 4.69) is 48.8 Å². The molecule has 0 saturated heterocycles. The molecule has 0 atom stereocenters. The van der Waals surface area contributed by atoms with Gasteiger partial charge in [-0.1, -0.05) is 17.3 Å². The summed E-state index contributed by atoms with van der Waals surface area (Å²) in [7, 11) is 2.06. The topological polar surface area (TPSA) is 57.0 Å². The highest BCUT2D eigenvalue weighted by molar-refractivity contribution is 5.97. The first-order valence-corrected chi connectivity index (χ1v) is 5.86. The average molecular weight is 241 g/mol. The highest BCUT2D eigenvalue weighted by Crippen LogP contribution is 2.34. The van der Waals surface area contributed by atoms with Gasteiger partial charge in [-0.3, -0.25) is 0 Å². The van der Waals surface area contributed by atoms with Crippen LogP contribution in [0.1, 0.15) is 11.3 Å². The van der Waals surface area contributed by atoms with Gasteiger partial charge in [-0.15, -0.1) is 0 Å². The van der Waals surface area contributed by atoms with Gasteiger partial charge in [-0.2, -0.15) is 0 Å². The van der Waals surface area contributed by atoms with E-state index in [1.54, 1.807) is 6.07 Å². The summed E-state index contributed by atoms with van der Waals surface area (Å²) in [6, 6.07) is 8.16. The molecule has 1 aromatic carbocycles. The molecule has 0 unspecified atom stereocenters. The predicted molar refractivity (Wildman–Crippen MR) is 72.3 cm³/mol. The van der Waals surface area contributed by atoms with Gasteiger partial charge in [0.05, 0.1) is 0 Å². The number of rotatable bonds is 1. The minimum absolute atomic E-state index is 0.411. The molecule has 0 spiro atoms. The number of aromatic nitrogens is 2. The average Bonchev–Trinajstić information content (AvgIpc) is 2.85. The largest absolute Gasteiger partial charge is 0.381 e. The molecule has 0 aliphatic heterocycles. The van der Waals surface area contributed by atoms with Crippen molar-refractivity contribution in [3.8, 4) is 11.3 Å². The molecule has 92 valence electrons. The van der Waals surface area contributed by atoms with E-state index in [-0.39, 0.29) is 0 Å². The Labute approximate surface area is 105 Å². The van der Waals surface area contributed by atoms with E-state index in [1.807, 2.05) is 0 Å². The van der Waals surface area contributed by atoms with Gasteiger partial charge >= 0.3 is 0 Å². The molecule has 0 aliphatic rings. The third kappa shape index (κ3) is 1.42. The van der Waals surface area contributed by atoms with Gasteiger partial charge < -0.3 is 14.8 Å². The Bertz CT molecular complexity index is 737. The quantitative estimate of drug-likeness (QED) is 0.712. The van der Waals surface area contributed by atoms with E-state index in [9.17, 15) is 0 Å². The number of nitrogen functional groups attached to an aromatic ring is 1. The molecule has 0 aliphatic carbocycles. The van der Waals surface area contributed by atoms with E-state index in [0.717, 1.165) is 22.4 Å². The van der Waals surface area contributed by atoms with E-state index >= 15 is 0 Å². The minimum atomic E-state index is 0.411. The van der Waals surface area contributed by atoms with E-state index in [0.29, 0.717) is 5.82 Å². The second-order valence-corrected chi connectivity index (χ2v) is 4.66. The Morgan fingerprint density at radius 2 is 2.00 bits per heavy atom. The highest BCUT2D eigenvalue weighted by Gasteiger charge is 2.17. The summed E-state index contributed by atoms with van der Waals surface area (Å²) in [5, 5.41) is 4.92. The Kier molecular flexibility index (Phi) is 2.20. The number of fused-ring (bicyclic) bond motifs is 1. The van der Waals surface area contributed by atoms with Gasteiger partial charge in [0, 0.05) is 35.3 Å². The fourth-order valence-electron chi connectivity index (χ4n) is 2.39. The molecule has 0 saturated carbocycles. The van der Waals surface area contributed by atoms with Crippen LogP contribution in [-0.2, 0) is 7.05 Å². The zero-order valence-electron chi connectivity index (χ0n) is 10.7. The number of hydrogen-bond acceptors (Lipinski definition) is 3. The highest BCUT2D eigenvalue weighted by atomic mass is 16.5. The summed E-state index contributed by atoms with van der Waals surface area (Å²) in [6.45, 7) is 4.16. The molecular weight excluding hydrogens is 226 g/mol. The first-order valence-electron chi connectivity index (χ1n) is 5.86. The van der Waals surface area contributed by atoms with Gasteiger partial charge in [0.15, 0.2) is 11.6 Å². The third-order valence-corrected chi connectivity index (χ3v) is 3.42. The summed E-state index contributed by atoms with van der Waals surface area (Å²) >= 11 is 0. The van der Waals surface area contributed by atoms with Crippen molar-refractivity contribution in [1.82, 2.24) is 9.72 Å². The van der Waals surface area contributed by atoms with Gasteiger partial charge in [0.1, 0.15) is 0 Å². The number of nitrogens with two attached hydrogens (primary N) is 1. The molecule has 3 rings (SSSR count). The van der Waals surface area contributed by atoms with Crippen molar-refractivity contribution in [3.63, 3.8) is 0 Å². The maximum Gasteiger partial charge on any atom is 0.171 e. The third-order valence-electron chi connectivity index (χ3n) is 3.42. The molecule has 18 heavy (non-hydrogen) atoms. The lowest BCUT2D eigenvalue weighted by molar-refractivity contribution is 0.436. The molecule has 2 aromatic heterocycles. The maximum atomic E-state index is 5.63. The summed E-state index contributed by atoms with van der Waals surface area (Å²) in [5.74, 6) is 1.13. The summed E-state index contributed by atoms with van der Waals surface area (Å²) < 4.78 is 7.46. The van der Waals surface area contributed by atoms with Crippen LogP contribution in [0.5, 0.6) is 0 Å². The van der Waals surface area contributed by atoms with Crippen LogP contribution >= 0.6 is 0 Å². The van der Waals surface area contributed by atoms with Crippen molar-refractivity contribution in [2.45, 2.75) is 13.8 Å². The van der Waals surface area contributed by atoms with Crippen LogP contribution in [0.4, 0.5) is 5.82 Å². The summed E-state index contributed by atoms with van der Waals surface area (Å²) in [5.41, 5.74) is 10.3. The van der Waals surface area contributed by atoms with Gasteiger partial charge in [0.2, 0.25) is 0 Å². The Morgan fingerprint density at radius 3 is 2.67 bits per heavy atom. The number of benzene rings is 1. The number of aryl methyl sites for hydroxylation is 2. The Hall–Kier alpha value is -2.23. The Balaban J connectivity index is 2.39. The van der Waals surface area contributed by atoms with Crippen molar-refractivity contribution < 1.29 is 4.52 Å². The van der Waals surface area contributed by atoms with Crippen LogP contribution in [-0.4, -0.2) is 9.72 Å². The lowest BCUT2D eigenvalue weighted by Gasteiger charge is -1.98. The fourth-order valence-corrected chi connectivity index (χ4v) is 2.39. The fraction of sp³-hybridized carbons (Fsp3) is 0.214. The second kappa shape index (κ2) is 3.63. The smallest absolute Gasteiger partial charge is 0.171 e. The SMILES string of the molecule is Cc1ccc2c(-c3cc(N)no3)c(C)n(C)c2c1. The monoisotopic (exact) mass is 241 g/mol. The van der Waals surface area contributed by atoms with Crippen molar-refractivity contribution in [2.24, 2.45) is 7.05 Å². The minimum Gasteiger partial charge on any atom is -0.381 e. The Morgan fingerprint density at radius 1 is 1.22 bits per heavy atom. The van der Waals surface area contributed by atoms with E-state index in [1.165, 1.54) is 11.1 Å². The van der Waals surface area contributed by atoms with E-state index in [4.69, 9.17) is 10.3 Å². The molecule has 4 nitrogen and oxygen atoms in total. The normalized spacial score (nSPS) is 11.3. The van der Waals surface area contributed by atoms with Crippen molar-refractivity contribution in [1.29, 1.82) is 0 Å². The van der Waals surface area contributed by atoms with Crippen LogP contribution in [0.2, 0.25) is 0 Å². The van der Waals surface area contributed by atoms with Crippen molar-refractivity contribution >= 4 is 16.7 Å². The number of hydrogen-bond donors (Lipinski definition) is 1. The molecule has 2 heterocycles. The number of nitrogens with zero attached hydrogens (tertiary/aromatic N) is 2. The number of anilines is 1. The van der Waals surface area contributed by atoms with Gasteiger partial charge in [-0.05, 0) is 25.5 Å². The zero-order chi connectivity index (χ0) is 12.9. The molecule has 0 radical (unpaired) electrons. The molecule has 2 N–H and O–H groups in total. The first-order chi connectivity index (χ1) is 8.58. The first kappa shape index (κ1) is 10.9. The predicted octanol–water partition coefficient (Wildman–Crippen LogP) is 3.03. The molecule has 0 amide bonds. The summed E-state index contributed by atoms with van der Waals surface area (Å²) in [6.07, 6.45) is 0. The van der Waals surface area contributed by atoms with Crippen molar-refractivity contribution in [3.05, 3.63) is 35.5 Å². The molecule has 0 fully saturated rings. The molecule has 4 heteroatoms. The van der Waals surface area contributed by atoms with Crippen LogP contribution < -0.4 is 5.73 Å². The van der Waals surface area contributed by atoms with Gasteiger partial charge in [0.25, 0.3) is 0 Å². The molecular formula is C14H15N3O. The molecule has 0 bridgehead atoms. The van der Waals surface area contributed by atoms with Crippen LogP contribution in [0, 0.1) is 13.8 Å². The van der Waals surface area contributed by atoms with E-state index < -0.39 is 0 Å².